The van der Waals surface area contributed by atoms with Gasteiger partial charge in [0.2, 0.25) is 17.7 Å². The summed E-state index contributed by atoms with van der Waals surface area (Å²) < 4.78 is 11.1. The topological polar surface area (TPSA) is 77.2 Å². The number of nitrogens with zero attached hydrogens (tertiary/aromatic N) is 2. The Hall–Kier alpha value is -2.67. The molecule has 2 aromatic heterocycles. The van der Waals surface area contributed by atoms with E-state index in [2.05, 4.69) is 15.5 Å². The van der Waals surface area contributed by atoms with E-state index in [1.807, 2.05) is 54.9 Å². The molecule has 0 aliphatic heterocycles. The maximum Gasteiger partial charge on any atom is 0.248 e. The van der Waals surface area contributed by atoms with Gasteiger partial charge >= 0.3 is 0 Å². The molecule has 0 bridgehead atoms. The number of hydrogen-bond donors (Lipinski definition) is 1. The van der Waals surface area contributed by atoms with Crippen molar-refractivity contribution in [3.63, 3.8) is 0 Å². The molecule has 2 heterocycles. The van der Waals surface area contributed by atoms with Crippen molar-refractivity contribution >= 4 is 17.2 Å². The predicted molar refractivity (Wildman–Crippen MR) is 100 cm³/mol. The molecule has 0 fully saturated rings. The van der Waals surface area contributed by atoms with Gasteiger partial charge in [0, 0.05) is 23.8 Å². The van der Waals surface area contributed by atoms with Crippen molar-refractivity contribution in [1.29, 1.82) is 0 Å². The second-order valence-electron chi connectivity index (χ2n) is 5.81. The zero-order valence-corrected chi connectivity index (χ0v) is 15.6. The lowest BCUT2D eigenvalue weighted by molar-refractivity contribution is -0.121. The summed E-state index contributed by atoms with van der Waals surface area (Å²) in [7, 11) is 0. The van der Waals surface area contributed by atoms with Crippen LogP contribution in [0.5, 0.6) is 5.75 Å². The molecule has 1 amide bonds. The zero-order chi connectivity index (χ0) is 18.4. The Morgan fingerprint density at radius 2 is 2.23 bits per heavy atom. The van der Waals surface area contributed by atoms with Gasteiger partial charge in [0.25, 0.3) is 0 Å². The van der Waals surface area contributed by atoms with E-state index in [4.69, 9.17) is 9.15 Å². The molecule has 26 heavy (non-hydrogen) atoms. The third-order valence-electron chi connectivity index (χ3n) is 3.85. The van der Waals surface area contributed by atoms with Gasteiger partial charge in [-0.25, -0.2) is 0 Å². The Morgan fingerprint density at radius 3 is 3.00 bits per heavy atom. The van der Waals surface area contributed by atoms with Crippen LogP contribution >= 0.6 is 11.3 Å². The standard InChI is InChI=1S/C19H21N3O3S/c1-3-24-16-6-4-5-14(11-16)13(2)20-17(23)7-8-18-21-22-19(25-18)15-9-10-26-12-15/h4-6,9-13H,3,7-8H2,1-2H3,(H,20,23)/t13-/m0/s1. The number of benzene rings is 1. The monoisotopic (exact) mass is 371 g/mol. The molecule has 6 nitrogen and oxygen atoms in total. The van der Waals surface area contributed by atoms with Crippen LogP contribution < -0.4 is 10.1 Å². The molecule has 1 N–H and O–H groups in total. The molecule has 0 aliphatic carbocycles. The Morgan fingerprint density at radius 1 is 1.35 bits per heavy atom. The number of aryl methyl sites for hydroxylation is 1. The highest BCUT2D eigenvalue weighted by molar-refractivity contribution is 7.08. The minimum Gasteiger partial charge on any atom is -0.494 e. The number of amides is 1. The molecule has 0 unspecified atom stereocenters. The summed E-state index contributed by atoms with van der Waals surface area (Å²) in [5.41, 5.74) is 1.91. The van der Waals surface area contributed by atoms with Crippen LogP contribution in [-0.2, 0) is 11.2 Å². The third-order valence-corrected chi connectivity index (χ3v) is 4.53. The smallest absolute Gasteiger partial charge is 0.248 e. The van der Waals surface area contributed by atoms with Crippen LogP contribution in [0.1, 0.15) is 37.8 Å². The SMILES string of the molecule is CCOc1cccc([C@H](C)NC(=O)CCc2nnc(-c3ccsc3)o2)c1. The molecular formula is C19H21N3O3S. The van der Waals surface area contributed by atoms with E-state index in [9.17, 15) is 4.79 Å². The summed E-state index contributed by atoms with van der Waals surface area (Å²) in [6, 6.07) is 9.56. The van der Waals surface area contributed by atoms with Crippen molar-refractivity contribution in [2.75, 3.05) is 6.61 Å². The van der Waals surface area contributed by atoms with Gasteiger partial charge in [0.15, 0.2) is 0 Å². The van der Waals surface area contributed by atoms with Crippen molar-refractivity contribution in [3.05, 3.63) is 52.5 Å². The van der Waals surface area contributed by atoms with E-state index < -0.39 is 0 Å². The quantitative estimate of drug-likeness (QED) is 0.647. The first-order valence-electron chi connectivity index (χ1n) is 8.52. The van der Waals surface area contributed by atoms with Gasteiger partial charge in [0.05, 0.1) is 12.6 Å². The summed E-state index contributed by atoms with van der Waals surface area (Å²) >= 11 is 1.57. The number of carbonyl (C=O) groups is 1. The number of thiophene rings is 1. The molecule has 0 saturated carbocycles. The highest BCUT2D eigenvalue weighted by Crippen LogP contribution is 2.21. The minimum absolute atomic E-state index is 0.0606. The molecule has 0 spiro atoms. The fourth-order valence-corrected chi connectivity index (χ4v) is 3.14. The van der Waals surface area contributed by atoms with Gasteiger partial charge in [-0.2, -0.15) is 11.3 Å². The Bertz CT molecular complexity index is 845. The molecule has 136 valence electrons. The van der Waals surface area contributed by atoms with E-state index in [-0.39, 0.29) is 11.9 Å². The Kier molecular flexibility index (Phi) is 6.01. The van der Waals surface area contributed by atoms with Gasteiger partial charge in [-0.1, -0.05) is 12.1 Å². The summed E-state index contributed by atoms with van der Waals surface area (Å²) in [4.78, 5) is 12.2. The number of ether oxygens (including phenoxy) is 1. The molecular weight excluding hydrogens is 350 g/mol. The molecule has 3 rings (SSSR count). The van der Waals surface area contributed by atoms with Crippen molar-refractivity contribution < 1.29 is 13.9 Å². The van der Waals surface area contributed by atoms with Gasteiger partial charge < -0.3 is 14.5 Å². The van der Waals surface area contributed by atoms with Crippen LogP contribution in [-0.4, -0.2) is 22.7 Å². The Labute approximate surface area is 156 Å². The van der Waals surface area contributed by atoms with Gasteiger partial charge in [-0.15, -0.1) is 10.2 Å². The predicted octanol–water partition coefficient (Wildman–Crippen LogP) is 4.01. The van der Waals surface area contributed by atoms with Crippen molar-refractivity contribution in [3.8, 4) is 17.2 Å². The maximum absolute atomic E-state index is 12.2. The van der Waals surface area contributed by atoms with Crippen LogP contribution in [0.15, 0.2) is 45.5 Å². The van der Waals surface area contributed by atoms with Crippen LogP contribution in [0.2, 0.25) is 0 Å². The van der Waals surface area contributed by atoms with E-state index in [0.717, 1.165) is 16.9 Å². The van der Waals surface area contributed by atoms with Gasteiger partial charge in [-0.3, -0.25) is 4.79 Å². The lowest BCUT2D eigenvalue weighted by Gasteiger charge is -2.15. The van der Waals surface area contributed by atoms with E-state index in [1.54, 1.807) is 11.3 Å². The van der Waals surface area contributed by atoms with E-state index in [1.165, 1.54) is 0 Å². The first kappa shape index (κ1) is 18.1. The first-order valence-corrected chi connectivity index (χ1v) is 9.47. The van der Waals surface area contributed by atoms with E-state index in [0.29, 0.717) is 31.2 Å². The summed E-state index contributed by atoms with van der Waals surface area (Å²) in [5.74, 6) is 1.70. The number of rotatable bonds is 8. The van der Waals surface area contributed by atoms with Crippen LogP contribution in [0, 0.1) is 0 Å². The summed E-state index contributed by atoms with van der Waals surface area (Å²) in [6.07, 6.45) is 0.704. The first-order chi connectivity index (χ1) is 12.7. The molecule has 0 saturated heterocycles. The fourth-order valence-electron chi connectivity index (χ4n) is 2.52. The van der Waals surface area contributed by atoms with Gasteiger partial charge in [0.1, 0.15) is 5.75 Å². The third kappa shape index (κ3) is 4.70. The molecule has 0 aliphatic rings. The lowest BCUT2D eigenvalue weighted by Crippen LogP contribution is -2.26. The summed E-state index contributed by atoms with van der Waals surface area (Å²) in [5, 5.41) is 14.9. The van der Waals surface area contributed by atoms with Gasteiger partial charge in [-0.05, 0) is 43.0 Å². The maximum atomic E-state index is 12.2. The number of aromatic nitrogens is 2. The number of nitrogens with one attached hydrogen (secondary N) is 1. The molecule has 1 atom stereocenters. The minimum atomic E-state index is -0.105. The second kappa shape index (κ2) is 8.62. The van der Waals surface area contributed by atoms with Crippen LogP contribution in [0.4, 0.5) is 0 Å². The number of hydrogen-bond acceptors (Lipinski definition) is 6. The van der Waals surface area contributed by atoms with Crippen LogP contribution in [0.25, 0.3) is 11.5 Å². The summed E-state index contributed by atoms with van der Waals surface area (Å²) in [6.45, 7) is 4.51. The average Bonchev–Trinajstić information content (AvgIpc) is 3.32. The van der Waals surface area contributed by atoms with Crippen molar-refractivity contribution in [1.82, 2.24) is 15.5 Å². The van der Waals surface area contributed by atoms with Crippen LogP contribution in [0.3, 0.4) is 0 Å². The molecule has 7 heteroatoms. The highest BCUT2D eigenvalue weighted by atomic mass is 32.1. The number of carbonyl (C=O) groups excluding carboxylic acids is 1. The normalized spacial score (nSPS) is 11.9. The molecule has 3 aromatic rings. The van der Waals surface area contributed by atoms with Crippen molar-refractivity contribution in [2.45, 2.75) is 32.7 Å². The Balaban J connectivity index is 1.51. The largest absolute Gasteiger partial charge is 0.494 e. The molecule has 1 aromatic carbocycles. The lowest BCUT2D eigenvalue weighted by atomic mass is 10.1. The fraction of sp³-hybridized carbons (Fsp3) is 0.316. The van der Waals surface area contributed by atoms with E-state index >= 15 is 0 Å². The molecule has 0 radical (unpaired) electrons. The second-order valence-corrected chi connectivity index (χ2v) is 6.59. The highest BCUT2D eigenvalue weighted by Gasteiger charge is 2.13. The average molecular weight is 371 g/mol. The van der Waals surface area contributed by atoms with Crippen molar-refractivity contribution in [2.24, 2.45) is 0 Å². The zero-order valence-electron chi connectivity index (χ0n) is 14.8.